The highest BCUT2D eigenvalue weighted by atomic mass is 16.5. The van der Waals surface area contributed by atoms with Crippen molar-refractivity contribution in [2.45, 2.75) is 39.5 Å². The molecule has 0 aliphatic carbocycles. The molecule has 0 N–H and O–H groups in total. The van der Waals surface area contributed by atoms with Crippen LogP contribution in [0, 0.1) is 0 Å². The first kappa shape index (κ1) is 11.1. The Bertz CT molecular complexity index is 289. The van der Waals surface area contributed by atoms with Gasteiger partial charge in [0, 0.05) is 0 Å². The van der Waals surface area contributed by atoms with E-state index in [0.29, 0.717) is 0 Å². The molecule has 1 aromatic rings. The molecule has 0 aromatic heterocycles. The van der Waals surface area contributed by atoms with Crippen LogP contribution in [0.5, 0.6) is 5.75 Å². The van der Waals surface area contributed by atoms with Gasteiger partial charge in [0.25, 0.3) is 0 Å². The van der Waals surface area contributed by atoms with Crippen LogP contribution >= 0.6 is 0 Å². The summed E-state index contributed by atoms with van der Waals surface area (Å²) in [5, 5.41) is 0. The molecule has 0 bridgehead atoms. The first-order chi connectivity index (χ1) is 6.61. The van der Waals surface area contributed by atoms with Crippen LogP contribution in [0.2, 0.25) is 0 Å². The lowest BCUT2D eigenvalue weighted by molar-refractivity contribution is 0.326. The van der Waals surface area contributed by atoms with Crippen molar-refractivity contribution in [3.05, 3.63) is 29.8 Å². The standard InChI is InChI=1S/C13H20O/c1-5-13(3,4)11-9-7-8-10-12(11)14-6-2/h7-10H,5-6H2,1-4H3. The van der Waals surface area contributed by atoms with E-state index in [2.05, 4.69) is 39.0 Å². The quantitative estimate of drug-likeness (QED) is 0.705. The normalized spacial score (nSPS) is 11.4. The van der Waals surface area contributed by atoms with Gasteiger partial charge in [-0.15, -0.1) is 0 Å². The molecule has 0 amide bonds. The Morgan fingerprint density at radius 1 is 1.14 bits per heavy atom. The predicted molar refractivity (Wildman–Crippen MR) is 60.9 cm³/mol. The van der Waals surface area contributed by atoms with Gasteiger partial charge in [0.15, 0.2) is 0 Å². The van der Waals surface area contributed by atoms with Crippen LogP contribution in [-0.4, -0.2) is 6.61 Å². The van der Waals surface area contributed by atoms with Crippen LogP contribution in [0.25, 0.3) is 0 Å². The fourth-order valence-electron chi connectivity index (χ4n) is 1.50. The molecule has 0 spiro atoms. The topological polar surface area (TPSA) is 9.23 Å². The van der Waals surface area contributed by atoms with E-state index in [4.69, 9.17) is 4.74 Å². The predicted octanol–water partition coefficient (Wildman–Crippen LogP) is 3.77. The SMILES string of the molecule is CCOc1ccccc1C(C)(C)CC. The first-order valence-corrected chi connectivity index (χ1v) is 5.34. The summed E-state index contributed by atoms with van der Waals surface area (Å²) in [4.78, 5) is 0. The minimum Gasteiger partial charge on any atom is -0.494 e. The van der Waals surface area contributed by atoms with Crippen LogP contribution in [0.4, 0.5) is 0 Å². The summed E-state index contributed by atoms with van der Waals surface area (Å²) in [6.07, 6.45) is 1.12. The van der Waals surface area contributed by atoms with Crippen molar-refractivity contribution in [3.63, 3.8) is 0 Å². The highest BCUT2D eigenvalue weighted by Gasteiger charge is 2.21. The van der Waals surface area contributed by atoms with E-state index in [9.17, 15) is 0 Å². The smallest absolute Gasteiger partial charge is 0.123 e. The molecule has 0 radical (unpaired) electrons. The fourth-order valence-corrected chi connectivity index (χ4v) is 1.50. The van der Waals surface area contributed by atoms with Crippen molar-refractivity contribution < 1.29 is 4.74 Å². The zero-order valence-corrected chi connectivity index (χ0v) is 9.63. The summed E-state index contributed by atoms with van der Waals surface area (Å²) in [7, 11) is 0. The van der Waals surface area contributed by atoms with Crippen molar-refractivity contribution in [3.8, 4) is 5.75 Å². The third kappa shape index (κ3) is 2.28. The molecule has 0 unspecified atom stereocenters. The van der Waals surface area contributed by atoms with E-state index in [-0.39, 0.29) is 5.41 Å². The molecular weight excluding hydrogens is 172 g/mol. The summed E-state index contributed by atoms with van der Waals surface area (Å²) in [5.41, 5.74) is 1.51. The third-order valence-electron chi connectivity index (χ3n) is 2.80. The molecule has 0 saturated heterocycles. The molecule has 14 heavy (non-hydrogen) atoms. The Morgan fingerprint density at radius 2 is 1.79 bits per heavy atom. The number of hydrogen-bond donors (Lipinski definition) is 0. The molecule has 0 heterocycles. The second kappa shape index (κ2) is 4.50. The molecule has 1 nitrogen and oxygen atoms in total. The van der Waals surface area contributed by atoms with Crippen LogP contribution < -0.4 is 4.74 Å². The number of benzene rings is 1. The average molecular weight is 192 g/mol. The van der Waals surface area contributed by atoms with Crippen molar-refractivity contribution in [1.29, 1.82) is 0 Å². The van der Waals surface area contributed by atoms with Crippen molar-refractivity contribution in [2.75, 3.05) is 6.61 Å². The largest absolute Gasteiger partial charge is 0.494 e. The summed E-state index contributed by atoms with van der Waals surface area (Å²) in [5.74, 6) is 1.03. The second-order valence-corrected chi connectivity index (χ2v) is 4.17. The Balaban J connectivity index is 3.06. The minimum atomic E-state index is 0.200. The molecule has 0 atom stereocenters. The molecule has 0 saturated carbocycles. The molecule has 1 heteroatoms. The van der Waals surface area contributed by atoms with Gasteiger partial charge in [0.1, 0.15) is 5.75 Å². The zero-order valence-electron chi connectivity index (χ0n) is 9.63. The lowest BCUT2D eigenvalue weighted by Gasteiger charge is -2.25. The molecule has 1 rings (SSSR count). The number of ether oxygens (including phenoxy) is 1. The Hall–Kier alpha value is -0.980. The molecular formula is C13H20O. The molecule has 0 fully saturated rings. The first-order valence-electron chi connectivity index (χ1n) is 5.34. The average Bonchev–Trinajstić information content (AvgIpc) is 2.19. The van der Waals surface area contributed by atoms with E-state index >= 15 is 0 Å². The number of rotatable bonds is 4. The van der Waals surface area contributed by atoms with Gasteiger partial charge in [0.05, 0.1) is 6.61 Å². The van der Waals surface area contributed by atoms with Crippen LogP contribution in [0.1, 0.15) is 39.7 Å². The maximum Gasteiger partial charge on any atom is 0.123 e. The number of hydrogen-bond acceptors (Lipinski definition) is 1. The molecule has 1 aromatic carbocycles. The van der Waals surface area contributed by atoms with Gasteiger partial charge in [-0.05, 0) is 30.4 Å². The van der Waals surface area contributed by atoms with Gasteiger partial charge in [-0.1, -0.05) is 39.0 Å². The summed E-state index contributed by atoms with van der Waals surface area (Å²) in [6, 6.07) is 8.32. The van der Waals surface area contributed by atoms with Crippen molar-refractivity contribution in [1.82, 2.24) is 0 Å². The third-order valence-corrected chi connectivity index (χ3v) is 2.80. The molecule has 78 valence electrons. The highest BCUT2D eigenvalue weighted by Crippen LogP contribution is 2.33. The van der Waals surface area contributed by atoms with Crippen LogP contribution in [-0.2, 0) is 5.41 Å². The van der Waals surface area contributed by atoms with Gasteiger partial charge in [-0.2, -0.15) is 0 Å². The minimum absolute atomic E-state index is 0.200. The number of para-hydroxylation sites is 1. The van der Waals surface area contributed by atoms with Gasteiger partial charge in [-0.3, -0.25) is 0 Å². The van der Waals surface area contributed by atoms with Gasteiger partial charge >= 0.3 is 0 Å². The Kier molecular flexibility index (Phi) is 3.56. The Morgan fingerprint density at radius 3 is 2.36 bits per heavy atom. The lowest BCUT2D eigenvalue weighted by atomic mass is 9.82. The monoisotopic (exact) mass is 192 g/mol. The molecule has 0 aliphatic rings. The fraction of sp³-hybridized carbons (Fsp3) is 0.538. The second-order valence-electron chi connectivity index (χ2n) is 4.17. The Labute approximate surface area is 87.1 Å². The summed E-state index contributed by atoms with van der Waals surface area (Å²) >= 11 is 0. The van der Waals surface area contributed by atoms with Crippen LogP contribution in [0.15, 0.2) is 24.3 Å². The van der Waals surface area contributed by atoms with Gasteiger partial charge in [0.2, 0.25) is 0 Å². The maximum atomic E-state index is 5.63. The molecule has 0 aliphatic heterocycles. The van der Waals surface area contributed by atoms with E-state index in [1.807, 2.05) is 13.0 Å². The van der Waals surface area contributed by atoms with Gasteiger partial charge in [-0.25, -0.2) is 0 Å². The van der Waals surface area contributed by atoms with E-state index in [1.165, 1.54) is 5.56 Å². The lowest BCUT2D eigenvalue weighted by Crippen LogP contribution is -2.16. The zero-order chi connectivity index (χ0) is 10.6. The van der Waals surface area contributed by atoms with E-state index in [1.54, 1.807) is 0 Å². The van der Waals surface area contributed by atoms with E-state index in [0.717, 1.165) is 18.8 Å². The van der Waals surface area contributed by atoms with E-state index < -0.39 is 0 Å². The maximum absolute atomic E-state index is 5.63. The van der Waals surface area contributed by atoms with Gasteiger partial charge < -0.3 is 4.74 Å². The summed E-state index contributed by atoms with van der Waals surface area (Å²) < 4.78 is 5.63. The summed E-state index contributed by atoms with van der Waals surface area (Å²) in [6.45, 7) is 9.48. The van der Waals surface area contributed by atoms with Crippen LogP contribution in [0.3, 0.4) is 0 Å². The van der Waals surface area contributed by atoms with Crippen molar-refractivity contribution in [2.24, 2.45) is 0 Å². The van der Waals surface area contributed by atoms with Crippen molar-refractivity contribution >= 4 is 0 Å². The highest BCUT2D eigenvalue weighted by molar-refractivity contribution is 5.38.